The van der Waals surface area contributed by atoms with Crippen molar-refractivity contribution in [1.29, 1.82) is 0 Å². The Morgan fingerprint density at radius 3 is 2.56 bits per heavy atom. The van der Waals surface area contributed by atoms with E-state index in [9.17, 15) is 8.42 Å². The fourth-order valence-corrected chi connectivity index (χ4v) is 2.96. The average molecular weight is 304 g/mol. The summed E-state index contributed by atoms with van der Waals surface area (Å²) in [5.74, 6) is 0. The van der Waals surface area contributed by atoms with Crippen LogP contribution in [0.4, 0.5) is 5.13 Å². The fourth-order valence-electron chi connectivity index (χ4n) is 1.27. The van der Waals surface area contributed by atoms with Crippen LogP contribution in [0, 0.1) is 0 Å². The van der Waals surface area contributed by atoms with Gasteiger partial charge in [-0.2, -0.15) is 0 Å². The van der Waals surface area contributed by atoms with Crippen molar-refractivity contribution in [3.8, 4) is 0 Å². The SMILES string of the molecule is Nc1nc(CNS(=O)(=O)c2ccc(Cl)cc2)cs1. The molecule has 3 N–H and O–H groups in total. The first kappa shape index (κ1) is 13.3. The molecule has 0 fully saturated rings. The molecule has 0 saturated carbocycles. The lowest BCUT2D eigenvalue weighted by atomic mass is 10.4. The second-order valence-electron chi connectivity index (χ2n) is 3.46. The van der Waals surface area contributed by atoms with Gasteiger partial charge in [0.15, 0.2) is 5.13 Å². The first-order chi connectivity index (χ1) is 8.47. The molecule has 0 aliphatic rings. The lowest BCUT2D eigenvalue weighted by Crippen LogP contribution is -2.23. The van der Waals surface area contributed by atoms with Crippen LogP contribution in [0.1, 0.15) is 5.69 Å². The smallest absolute Gasteiger partial charge is 0.240 e. The molecule has 0 radical (unpaired) electrons. The van der Waals surface area contributed by atoms with Gasteiger partial charge in [-0.15, -0.1) is 11.3 Å². The van der Waals surface area contributed by atoms with Gasteiger partial charge < -0.3 is 5.73 Å². The van der Waals surface area contributed by atoms with Gasteiger partial charge in [0.1, 0.15) is 0 Å². The quantitative estimate of drug-likeness (QED) is 0.903. The molecule has 1 heterocycles. The highest BCUT2D eigenvalue weighted by atomic mass is 35.5. The molecule has 0 bridgehead atoms. The Morgan fingerprint density at radius 1 is 1.33 bits per heavy atom. The molecule has 1 aromatic carbocycles. The maximum atomic E-state index is 11.9. The van der Waals surface area contributed by atoms with Crippen molar-refractivity contribution in [2.45, 2.75) is 11.4 Å². The molecular formula is C10H10ClN3O2S2. The molecule has 2 rings (SSSR count). The van der Waals surface area contributed by atoms with Gasteiger partial charge in [-0.25, -0.2) is 18.1 Å². The van der Waals surface area contributed by atoms with Crippen LogP contribution in [-0.2, 0) is 16.6 Å². The molecule has 96 valence electrons. The van der Waals surface area contributed by atoms with E-state index in [4.69, 9.17) is 17.3 Å². The van der Waals surface area contributed by atoms with Crippen LogP contribution in [0.25, 0.3) is 0 Å². The molecule has 8 heteroatoms. The number of anilines is 1. The highest BCUT2D eigenvalue weighted by Crippen LogP contribution is 2.15. The molecule has 5 nitrogen and oxygen atoms in total. The van der Waals surface area contributed by atoms with E-state index in [2.05, 4.69) is 9.71 Å². The molecule has 0 aliphatic carbocycles. The van der Waals surface area contributed by atoms with Crippen molar-refractivity contribution < 1.29 is 8.42 Å². The Morgan fingerprint density at radius 2 is 2.00 bits per heavy atom. The average Bonchev–Trinajstić information content (AvgIpc) is 2.73. The van der Waals surface area contributed by atoms with Crippen molar-refractivity contribution in [1.82, 2.24) is 9.71 Å². The minimum Gasteiger partial charge on any atom is -0.375 e. The number of hydrogen-bond donors (Lipinski definition) is 2. The molecule has 0 amide bonds. The predicted molar refractivity (Wildman–Crippen MR) is 72.0 cm³/mol. The Balaban J connectivity index is 2.10. The highest BCUT2D eigenvalue weighted by Gasteiger charge is 2.13. The van der Waals surface area contributed by atoms with Gasteiger partial charge in [0.25, 0.3) is 0 Å². The van der Waals surface area contributed by atoms with E-state index in [1.54, 1.807) is 5.38 Å². The monoisotopic (exact) mass is 303 g/mol. The zero-order chi connectivity index (χ0) is 13.2. The number of hydrogen-bond acceptors (Lipinski definition) is 5. The Kier molecular flexibility index (Phi) is 3.86. The lowest BCUT2D eigenvalue weighted by molar-refractivity contribution is 0.580. The largest absolute Gasteiger partial charge is 0.375 e. The summed E-state index contributed by atoms with van der Waals surface area (Å²) in [5, 5.41) is 2.61. The highest BCUT2D eigenvalue weighted by molar-refractivity contribution is 7.89. The van der Waals surface area contributed by atoms with Crippen LogP contribution in [0.15, 0.2) is 34.5 Å². The number of halogens is 1. The maximum absolute atomic E-state index is 11.9. The van der Waals surface area contributed by atoms with Crippen LogP contribution in [0.5, 0.6) is 0 Å². The van der Waals surface area contributed by atoms with Crippen molar-refractivity contribution in [2.24, 2.45) is 0 Å². The van der Waals surface area contributed by atoms with Crippen molar-refractivity contribution >= 4 is 38.1 Å². The number of nitrogen functional groups attached to an aromatic ring is 1. The van der Waals surface area contributed by atoms with Crippen molar-refractivity contribution in [2.75, 3.05) is 5.73 Å². The molecule has 18 heavy (non-hydrogen) atoms. The number of nitrogens with zero attached hydrogens (tertiary/aromatic N) is 1. The second-order valence-corrected chi connectivity index (χ2v) is 6.55. The number of rotatable bonds is 4. The van der Waals surface area contributed by atoms with Gasteiger partial charge in [-0.3, -0.25) is 0 Å². The summed E-state index contributed by atoms with van der Waals surface area (Å²) in [6.07, 6.45) is 0. The van der Waals surface area contributed by atoms with Gasteiger partial charge in [-0.1, -0.05) is 11.6 Å². The van der Waals surface area contributed by atoms with Gasteiger partial charge in [0, 0.05) is 10.4 Å². The third-order valence-corrected chi connectivity index (χ3v) is 4.53. The first-order valence-corrected chi connectivity index (χ1v) is 7.66. The van der Waals surface area contributed by atoms with Crippen LogP contribution in [0.2, 0.25) is 5.02 Å². The zero-order valence-corrected chi connectivity index (χ0v) is 11.5. The number of thiazole rings is 1. The van der Waals surface area contributed by atoms with E-state index < -0.39 is 10.0 Å². The molecule has 0 saturated heterocycles. The van der Waals surface area contributed by atoms with Gasteiger partial charge in [0.2, 0.25) is 10.0 Å². The summed E-state index contributed by atoms with van der Waals surface area (Å²) in [4.78, 5) is 4.13. The minimum absolute atomic E-state index is 0.110. The summed E-state index contributed by atoms with van der Waals surface area (Å²) in [6.45, 7) is 0.110. The molecule has 1 aromatic heterocycles. The normalized spacial score (nSPS) is 11.6. The minimum atomic E-state index is -3.55. The molecule has 0 spiro atoms. The molecule has 2 aromatic rings. The van der Waals surface area contributed by atoms with Gasteiger partial charge in [0.05, 0.1) is 17.1 Å². The Hall–Kier alpha value is -1.15. The molecular weight excluding hydrogens is 294 g/mol. The van der Waals surface area contributed by atoms with E-state index in [1.807, 2.05) is 0 Å². The molecule has 0 aliphatic heterocycles. The van der Waals surface area contributed by atoms with Crippen LogP contribution in [-0.4, -0.2) is 13.4 Å². The summed E-state index contributed by atoms with van der Waals surface area (Å²) >= 11 is 6.97. The predicted octanol–water partition coefficient (Wildman–Crippen LogP) is 1.86. The maximum Gasteiger partial charge on any atom is 0.240 e. The van der Waals surface area contributed by atoms with E-state index >= 15 is 0 Å². The summed E-state index contributed by atoms with van der Waals surface area (Å²) in [5.41, 5.74) is 6.05. The zero-order valence-electron chi connectivity index (χ0n) is 9.13. The standard InChI is InChI=1S/C10H10ClN3O2S2/c11-7-1-3-9(4-2-7)18(15,16)13-5-8-6-17-10(12)14-8/h1-4,6,13H,5H2,(H2,12,14). The third-order valence-electron chi connectivity index (χ3n) is 2.14. The number of sulfonamides is 1. The number of nitrogens with one attached hydrogen (secondary N) is 1. The van der Waals surface area contributed by atoms with E-state index in [0.29, 0.717) is 15.8 Å². The number of aromatic nitrogens is 1. The summed E-state index contributed by atoms with van der Waals surface area (Å²) in [6, 6.07) is 5.94. The Bertz CT molecular complexity index is 637. The van der Waals surface area contributed by atoms with E-state index in [-0.39, 0.29) is 11.4 Å². The van der Waals surface area contributed by atoms with Crippen LogP contribution >= 0.6 is 22.9 Å². The van der Waals surface area contributed by atoms with Gasteiger partial charge in [-0.05, 0) is 24.3 Å². The third kappa shape index (κ3) is 3.20. The van der Waals surface area contributed by atoms with Crippen molar-refractivity contribution in [3.63, 3.8) is 0 Å². The van der Waals surface area contributed by atoms with E-state index in [0.717, 1.165) is 0 Å². The van der Waals surface area contributed by atoms with Gasteiger partial charge >= 0.3 is 0 Å². The van der Waals surface area contributed by atoms with Crippen LogP contribution < -0.4 is 10.5 Å². The summed E-state index contributed by atoms with van der Waals surface area (Å²) in [7, 11) is -3.55. The number of benzene rings is 1. The molecule has 0 unspecified atom stereocenters. The number of nitrogens with two attached hydrogens (primary N) is 1. The summed E-state index contributed by atoms with van der Waals surface area (Å²) < 4.78 is 26.3. The topological polar surface area (TPSA) is 85.1 Å². The molecule has 0 atom stereocenters. The van der Waals surface area contributed by atoms with E-state index in [1.165, 1.54) is 35.6 Å². The lowest BCUT2D eigenvalue weighted by Gasteiger charge is -2.05. The second kappa shape index (κ2) is 5.23. The van der Waals surface area contributed by atoms with Crippen LogP contribution in [0.3, 0.4) is 0 Å². The fraction of sp³-hybridized carbons (Fsp3) is 0.100. The first-order valence-electron chi connectivity index (χ1n) is 4.92. The Labute approximate surface area is 114 Å². The van der Waals surface area contributed by atoms with Crippen molar-refractivity contribution in [3.05, 3.63) is 40.4 Å².